The van der Waals surface area contributed by atoms with E-state index in [0.29, 0.717) is 5.75 Å². The van der Waals surface area contributed by atoms with E-state index in [2.05, 4.69) is 17.0 Å². The first-order valence-corrected chi connectivity index (χ1v) is 10.9. The van der Waals surface area contributed by atoms with Gasteiger partial charge < -0.3 is 14.4 Å². The molecule has 2 N–H and O–H groups in total. The summed E-state index contributed by atoms with van der Waals surface area (Å²) in [6, 6.07) is 20.0. The molecule has 0 saturated heterocycles. The second-order valence-electron chi connectivity index (χ2n) is 7.96. The zero-order valence-electron chi connectivity index (χ0n) is 18.6. The van der Waals surface area contributed by atoms with Crippen molar-refractivity contribution in [2.75, 3.05) is 18.7 Å². The molecule has 0 fully saturated rings. The third kappa shape index (κ3) is 4.31. The number of anilines is 2. The Morgan fingerprint density at radius 1 is 1.12 bits per heavy atom. The highest BCUT2D eigenvalue weighted by molar-refractivity contribution is 5.90. The van der Waals surface area contributed by atoms with Gasteiger partial charge in [0.15, 0.2) is 11.5 Å². The molecule has 0 bridgehead atoms. The summed E-state index contributed by atoms with van der Waals surface area (Å²) in [6.45, 7) is 0.220. The van der Waals surface area contributed by atoms with Crippen LogP contribution in [0.3, 0.4) is 0 Å². The number of carbonyl (C=O) groups excluding carboxylic acids is 1. The largest absolute Gasteiger partial charge is 0.454 e. The first-order chi connectivity index (χ1) is 16.6. The predicted octanol–water partition coefficient (Wildman–Crippen LogP) is 4.13. The number of hydroxylamine groups is 1. The van der Waals surface area contributed by atoms with Crippen LogP contribution in [0.2, 0.25) is 0 Å². The summed E-state index contributed by atoms with van der Waals surface area (Å²) in [7, 11) is 1.99. The Morgan fingerprint density at radius 2 is 1.94 bits per heavy atom. The minimum Gasteiger partial charge on any atom is -0.454 e. The van der Waals surface area contributed by atoms with E-state index in [1.807, 2.05) is 66.2 Å². The molecule has 1 aliphatic heterocycles. The normalized spacial score (nSPS) is 12.4. The van der Waals surface area contributed by atoms with Gasteiger partial charge in [0.05, 0.1) is 5.69 Å². The van der Waals surface area contributed by atoms with Gasteiger partial charge in [-0.05, 0) is 54.3 Å². The van der Waals surface area contributed by atoms with E-state index in [1.165, 1.54) is 11.6 Å². The van der Waals surface area contributed by atoms with Gasteiger partial charge in [-0.3, -0.25) is 14.4 Å². The number of aryl methyl sites for hydroxylation is 2. The van der Waals surface area contributed by atoms with Crippen molar-refractivity contribution in [3.05, 3.63) is 89.8 Å². The van der Waals surface area contributed by atoms with Gasteiger partial charge in [-0.2, -0.15) is 0 Å². The number of amides is 1. The van der Waals surface area contributed by atoms with Gasteiger partial charge in [0, 0.05) is 31.1 Å². The molecule has 1 aliphatic rings. The van der Waals surface area contributed by atoms with E-state index in [9.17, 15) is 4.79 Å². The van der Waals surface area contributed by atoms with Crippen LogP contribution < -0.4 is 19.9 Å². The van der Waals surface area contributed by atoms with Gasteiger partial charge in [0.2, 0.25) is 6.79 Å². The van der Waals surface area contributed by atoms with E-state index in [4.69, 9.17) is 19.7 Å². The van der Waals surface area contributed by atoms with E-state index < -0.39 is 5.91 Å². The number of aromatic nitrogens is 2. The second-order valence-corrected chi connectivity index (χ2v) is 7.96. The highest BCUT2D eigenvalue weighted by Gasteiger charge is 2.20. The van der Waals surface area contributed by atoms with Gasteiger partial charge >= 0.3 is 0 Å². The van der Waals surface area contributed by atoms with E-state index in [-0.39, 0.29) is 6.79 Å². The fraction of sp³-hybridized carbons (Fsp3) is 0.154. The molecule has 0 saturated carbocycles. The van der Waals surface area contributed by atoms with E-state index in [0.717, 1.165) is 47.0 Å². The molecule has 0 aliphatic carbocycles. The van der Waals surface area contributed by atoms with Crippen LogP contribution in [-0.2, 0) is 17.6 Å². The Bertz CT molecular complexity index is 1360. The Morgan fingerprint density at radius 3 is 2.76 bits per heavy atom. The molecule has 8 heteroatoms. The number of hydrogen-bond acceptors (Lipinski definition) is 6. The predicted molar refractivity (Wildman–Crippen MR) is 129 cm³/mol. The monoisotopic (exact) mass is 456 g/mol. The molecule has 4 aromatic rings. The lowest BCUT2D eigenvalue weighted by Gasteiger charge is -2.21. The molecule has 5 rings (SSSR count). The number of nitrogens with zero attached hydrogens (tertiary/aromatic N) is 3. The van der Waals surface area contributed by atoms with E-state index in [1.54, 1.807) is 11.6 Å². The van der Waals surface area contributed by atoms with Crippen molar-refractivity contribution in [3.8, 4) is 11.5 Å². The minimum atomic E-state index is -0.591. The summed E-state index contributed by atoms with van der Waals surface area (Å²) in [5.41, 5.74) is 6.34. The number of pyridine rings is 1. The summed E-state index contributed by atoms with van der Waals surface area (Å²) in [6.07, 6.45) is 6.45. The van der Waals surface area contributed by atoms with Crippen LogP contribution in [0.5, 0.6) is 11.5 Å². The van der Waals surface area contributed by atoms with Crippen LogP contribution in [0.25, 0.3) is 11.7 Å². The van der Waals surface area contributed by atoms with Crippen molar-refractivity contribution in [3.63, 3.8) is 0 Å². The number of ether oxygens (including phenoxy) is 2. The maximum Gasteiger partial charge on any atom is 0.267 e. The van der Waals surface area contributed by atoms with Gasteiger partial charge in [0.25, 0.3) is 5.91 Å². The summed E-state index contributed by atoms with van der Waals surface area (Å²) in [4.78, 5) is 18.4. The van der Waals surface area contributed by atoms with Crippen molar-refractivity contribution in [2.24, 2.45) is 0 Å². The molecule has 1 amide bonds. The van der Waals surface area contributed by atoms with Crippen LogP contribution >= 0.6 is 0 Å². The fourth-order valence-corrected chi connectivity index (χ4v) is 4.05. The van der Waals surface area contributed by atoms with Crippen molar-refractivity contribution in [1.82, 2.24) is 14.9 Å². The second kappa shape index (κ2) is 9.29. The van der Waals surface area contributed by atoms with Crippen LogP contribution in [0, 0.1) is 0 Å². The molecular formula is C26H24N4O4. The molecule has 172 valence electrons. The average Bonchev–Trinajstić information content (AvgIpc) is 3.49. The molecule has 8 nitrogen and oxygen atoms in total. The Labute approximate surface area is 196 Å². The minimum absolute atomic E-state index is 0.220. The molecule has 34 heavy (non-hydrogen) atoms. The number of nitrogens with one attached hydrogen (secondary N) is 1. The Balaban J connectivity index is 1.56. The summed E-state index contributed by atoms with van der Waals surface area (Å²) >= 11 is 0. The lowest BCUT2D eigenvalue weighted by molar-refractivity contribution is -0.124. The molecule has 0 unspecified atom stereocenters. The lowest BCUT2D eigenvalue weighted by Crippen LogP contribution is -2.15. The number of fused-ring (bicyclic) bond motifs is 2. The highest BCUT2D eigenvalue weighted by Crippen LogP contribution is 2.38. The highest BCUT2D eigenvalue weighted by atomic mass is 16.7. The average molecular weight is 457 g/mol. The van der Waals surface area contributed by atoms with Gasteiger partial charge in [-0.25, -0.2) is 10.5 Å². The summed E-state index contributed by atoms with van der Waals surface area (Å²) in [5, 5.41) is 8.76. The molecule has 0 radical (unpaired) electrons. The van der Waals surface area contributed by atoms with Gasteiger partial charge in [-0.1, -0.05) is 30.3 Å². The van der Waals surface area contributed by atoms with Crippen LogP contribution in [0.4, 0.5) is 11.5 Å². The van der Waals surface area contributed by atoms with Crippen molar-refractivity contribution in [1.29, 1.82) is 0 Å². The summed E-state index contributed by atoms with van der Waals surface area (Å²) < 4.78 is 13.1. The zero-order valence-corrected chi connectivity index (χ0v) is 18.6. The molecule has 2 aromatic heterocycles. The smallest absolute Gasteiger partial charge is 0.267 e. The van der Waals surface area contributed by atoms with Gasteiger partial charge in [0.1, 0.15) is 11.5 Å². The zero-order chi connectivity index (χ0) is 23.5. The number of rotatable bonds is 7. The number of hydrogen-bond donors (Lipinski definition) is 2. The third-order valence-electron chi connectivity index (χ3n) is 5.78. The van der Waals surface area contributed by atoms with E-state index >= 15 is 0 Å². The third-order valence-corrected chi connectivity index (χ3v) is 5.78. The van der Waals surface area contributed by atoms with Gasteiger partial charge in [-0.15, -0.1) is 0 Å². The first-order valence-electron chi connectivity index (χ1n) is 10.9. The SMILES string of the molecule is CN(c1ccc2c(c1)OCO2)c1c(CCc2ccccc2)nc2ccc(/C=C/C(=O)NO)cn12. The maximum atomic E-state index is 11.4. The standard InChI is InChI=1S/C26H24N4O4/c1-29(20-10-12-22-23(15-20)34-17-33-22)26-21(11-7-18-5-3-2-4-6-18)27-24-13-8-19(16-30(24)26)9-14-25(31)28-32/h2-6,8-10,12-16,32H,7,11,17H2,1H3,(H,28,31)/b14-9+. The lowest BCUT2D eigenvalue weighted by atomic mass is 10.1. The molecular weight excluding hydrogens is 432 g/mol. The van der Waals surface area contributed by atoms with Crippen LogP contribution in [0.1, 0.15) is 16.8 Å². The molecule has 0 spiro atoms. The first kappa shape index (κ1) is 21.5. The number of carbonyl (C=O) groups is 1. The molecule has 2 aromatic carbocycles. The number of benzene rings is 2. The van der Waals surface area contributed by atoms with Crippen LogP contribution in [0.15, 0.2) is 72.9 Å². The fourth-order valence-electron chi connectivity index (χ4n) is 4.05. The van der Waals surface area contributed by atoms with Crippen molar-refractivity contribution >= 4 is 29.1 Å². The topological polar surface area (TPSA) is 88.3 Å². The summed E-state index contributed by atoms with van der Waals surface area (Å²) in [5.74, 6) is 1.77. The van der Waals surface area contributed by atoms with Crippen molar-refractivity contribution in [2.45, 2.75) is 12.8 Å². The number of imidazole rings is 1. The quantitative estimate of drug-likeness (QED) is 0.247. The van der Waals surface area contributed by atoms with Crippen LogP contribution in [-0.4, -0.2) is 34.3 Å². The maximum absolute atomic E-state index is 11.4. The Kier molecular flexibility index (Phi) is 5.88. The Hall–Kier alpha value is -4.30. The molecule has 0 atom stereocenters. The van der Waals surface area contributed by atoms with Crippen molar-refractivity contribution < 1.29 is 19.5 Å². The molecule has 3 heterocycles.